The number of hydrogen-bond donors (Lipinski definition) is 1. The van der Waals surface area contributed by atoms with Gasteiger partial charge >= 0.3 is 0 Å². The fourth-order valence-electron chi connectivity index (χ4n) is 2.47. The summed E-state index contributed by atoms with van der Waals surface area (Å²) in [5.41, 5.74) is 2.12. The van der Waals surface area contributed by atoms with Crippen LogP contribution in [0.3, 0.4) is 0 Å². The largest absolute Gasteiger partial charge is 0.309 e. The lowest BCUT2D eigenvalue weighted by atomic mass is 9.97. The molecule has 1 unspecified atom stereocenters. The molecule has 17 heavy (non-hydrogen) atoms. The Morgan fingerprint density at radius 2 is 2.00 bits per heavy atom. The van der Waals surface area contributed by atoms with Crippen LogP contribution in [0.5, 0.6) is 0 Å². The Labute approximate surface area is 103 Å². The minimum absolute atomic E-state index is 0.0460. The van der Waals surface area contributed by atoms with Crippen LogP contribution in [0.4, 0.5) is 5.69 Å². The molecule has 0 radical (unpaired) electrons. The van der Waals surface area contributed by atoms with E-state index in [0.717, 1.165) is 11.3 Å². The quantitative estimate of drug-likeness (QED) is 0.804. The fraction of sp³-hybridized carbons (Fsp3) is 0.500. The zero-order valence-electron chi connectivity index (χ0n) is 10.9. The van der Waals surface area contributed by atoms with Crippen molar-refractivity contribution in [1.82, 2.24) is 5.32 Å². The molecule has 3 heteroatoms. The maximum atomic E-state index is 12.2. The maximum absolute atomic E-state index is 12.2. The third-order valence-corrected chi connectivity index (χ3v) is 3.20. The van der Waals surface area contributed by atoms with E-state index in [9.17, 15) is 4.79 Å². The number of para-hydroxylation sites is 1. The van der Waals surface area contributed by atoms with Crippen LogP contribution in [-0.2, 0) is 4.79 Å². The van der Waals surface area contributed by atoms with E-state index in [1.807, 2.05) is 43.0 Å². The van der Waals surface area contributed by atoms with Gasteiger partial charge in [0.15, 0.2) is 0 Å². The number of amides is 1. The number of nitrogens with one attached hydrogen (secondary N) is 1. The van der Waals surface area contributed by atoms with Gasteiger partial charge in [-0.25, -0.2) is 0 Å². The lowest BCUT2D eigenvalue weighted by molar-refractivity contribution is -0.122. The molecule has 1 atom stereocenters. The summed E-state index contributed by atoms with van der Waals surface area (Å²) in [4.78, 5) is 14.1. The van der Waals surface area contributed by atoms with Crippen molar-refractivity contribution in [1.29, 1.82) is 0 Å². The van der Waals surface area contributed by atoms with E-state index in [0.29, 0.717) is 6.54 Å². The molecule has 1 aromatic rings. The zero-order chi connectivity index (χ0) is 12.6. The van der Waals surface area contributed by atoms with Crippen molar-refractivity contribution >= 4 is 11.6 Å². The topological polar surface area (TPSA) is 32.3 Å². The van der Waals surface area contributed by atoms with Crippen LogP contribution < -0.4 is 10.2 Å². The van der Waals surface area contributed by atoms with Crippen LogP contribution in [-0.4, -0.2) is 24.0 Å². The van der Waals surface area contributed by atoms with Gasteiger partial charge in [-0.3, -0.25) is 10.1 Å². The van der Waals surface area contributed by atoms with E-state index in [1.165, 1.54) is 0 Å². The van der Waals surface area contributed by atoms with Crippen LogP contribution in [0.2, 0.25) is 0 Å². The minimum atomic E-state index is -0.127. The maximum Gasteiger partial charge on any atom is 0.243 e. The molecule has 0 saturated carbocycles. The van der Waals surface area contributed by atoms with Gasteiger partial charge in [-0.2, -0.15) is 0 Å². The molecule has 0 spiro atoms. The van der Waals surface area contributed by atoms with Crippen LogP contribution in [0.1, 0.15) is 26.3 Å². The summed E-state index contributed by atoms with van der Waals surface area (Å²) < 4.78 is 0. The first-order chi connectivity index (χ1) is 7.91. The van der Waals surface area contributed by atoms with E-state index < -0.39 is 0 Å². The first-order valence-electron chi connectivity index (χ1n) is 6.05. The Kier molecular flexibility index (Phi) is 2.96. The van der Waals surface area contributed by atoms with Gasteiger partial charge in [-0.05, 0) is 39.3 Å². The second kappa shape index (κ2) is 4.15. The normalized spacial score (nSPS) is 23.9. The van der Waals surface area contributed by atoms with Crippen molar-refractivity contribution in [3.63, 3.8) is 0 Å². The molecule has 1 saturated heterocycles. The average Bonchev–Trinajstić information content (AvgIpc) is 2.24. The summed E-state index contributed by atoms with van der Waals surface area (Å²) in [6, 6.07) is 7.91. The van der Waals surface area contributed by atoms with Gasteiger partial charge in [0.2, 0.25) is 5.91 Å². The number of carbonyl (C=O) groups excluding carboxylic acids is 1. The van der Waals surface area contributed by atoms with E-state index in [4.69, 9.17) is 0 Å². The zero-order valence-corrected chi connectivity index (χ0v) is 10.9. The predicted octanol–water partition coefficient (Wildman–Crippen LogP) is 2.10. The number of nitrogens with zero attached hydrogens (tertiary/aromatic N) is 1. The molecular weight excluding hydrogens is 212 g/mol. The van der Waals surface area contributed by atoms with Crippen molar-refractivity contribution in [3.8, 4) is 0 Å². The average molecular weight is 232 g/mol. The van der Waals surface area contributed by atoms with Crippen molar-refractivity contribution in [2.24, 2.45) is 0 Å². The molecule has 1 aliphatic heterocycles. The molecule has 2 rings (SSSR count). The molecule has 1 aromatic carbocycles. The second-order valence-corrected chi connectivity index (χ2v) is 5.46. The van der Waals surface area contributed by atoms with Crippen molar-refractivity contribution in [2.45, 2.75) is 39.3 Å². The van der Waals surface area contributed by atoms with E-state index in [1.54, 1.807) is 0 Å². The molecule has 1 heterocycles. The Morgan fingerprint density at radius 3 is 2.65 bits per heavy atom. The predicted molar refractivity (Wildman–Crippen MR) is 70.2 cm³/mol. The van der Waals surface area contributed by atoms with Crippen LogP contribution in [0.25, 0.3) is 0 Å². The summed E-state index contributed by atoms with van der Waals surface area (Å²) in [6.07, 6.45) is 0. The van der Waals surface area contributed by atoms with E-state index >= 15 is 0 Å². The molecule has 1 aliphatic rings. The van der Waals surface area contributed by atoms with Gasteiger partial charge in [0.25, 0.3) is 0 Å². The molecular formula is C14H20N2O. The Morgan fingerprint density at radius 1 is 1.35 bits per heavy atom. The summed E-state index contributed by atoms with van der Waals surface area (Å²) in [5, 5.41) is 3.33. The fourth-order valence-corrected chi connectivity index (χ4v) is 2.47. The first-order valence-corrected chi connectivity index (χ1v) is 6.05. The molecule has 1 N–H and O–H groups in total. The van der Waals surface area contributed by atoms with Crippen molar-refractivity contribution < 1.29 is 4.79 Å². The van der Waals surface area contributed by atoms with Gasteiger partial charge in [-0.15, -0.1) is 0 Å². The highest BCUT2D eigenvalue weighted by atomic mass is 16.2. The standard InChI is InChI=1S/C14H20N2O/c1-10-7-5-6-8-12(10)16-9-14(3,4)15-11(2)13(16)17/h5-8,11,15H,9H2,1-4H3. The van der Waals surface area contributed by atoms with E-state index in [2.05, 4.69) is 19.2 Å². The monoisotopic (exact) mass is 232 g/mol. The van der Waals surface area contributed by atoms with Crippen LogP contribution in [0, 0.1) is 6.92 Å². The molecule has 0 aromatic heterocycles. The Hall–Kier alpha value is -1.35. The molecule has 1 fully saturated rings. The summed E-state index contributed by atoms with van der Waals surface area (Å²) in [7, 11) is 0. The van der Waals surface area contributed by atoms with Gasteiger partial charge in [0.1, 0.15) is 0 Å². The van der Waals surface area contributed by atoms with Gasteiger partial charge in [0, 0.05) is 17.8 Å². The third-order valence-electron chi connectivity index (χ3n) is 3.20. The van der Waals surface area contributed by atoms with Gasteiger partial charge in [-0.1, -0.05) is 18.2 Å². The molecule has 0 bridgehead atoms. The number of hydrogen-bond acceptors (Lipinski definition) is 2. The highest BCUT2D eigenvalue weighted by molar-refractivity contribution is 5.98. The molecule has 0 aliphatic carbocycles. The van der Waals surface area contributed by atoms with Gasteiger partial charge < -0.3 is 4.90 Å². The lowest BCUT2D eigenvalue weighted by Gasteiger charge is -2.42. The smallest absolute Gasteiger partial charge is 0.243 e. The Balaban J connectivity index is 2.37. The van der Waals surface area contributed by atoms with Crippen LogP contribution in [0.15, 0.2) is 24.3 Å². The molecule has 1 amide bonds. The first kappa shape index (κ1) is 12.1. The summed E-state index contributed by atoms with van der Waals surface area (Å²) in [5.74, 6) is 0.152. The number of aryl methyl sites for hydroxylation is 1. The molecule has 92 valence electrons. The number of anilines is 1. The number of benzene rings is 1. The summed E-state index contributed by atoms with van der Waals surface area (Å²) >= 11 is 0. The van der Waals surface area contributed by atoms with Gasteiger partial charge in [0.05, 0.1) is 6.04 Å². The number of piperazine rings is 1. The second-order valence-electron chi connectivity index (χ2n) is 5.46. The number of carbonyl (C=O) groups is 1. The van der Waals surface area contributed by atoms with Crippen LogP contribution >= 0.6 is 0 Å². The highest BCUT2D eigenvalue weighted by Crippen LogP contribution is 2.25. The Bertz CT molecular complexity index is 440. The van der Waals surface area contributed by atoms with Crippen molar-refractivity contribution in [3.05, 3.63) is 29.8 Å². The summed E-state index contributed by atoms with van der Waals surface area (Å²) in [6.45, 7) is 8.93. The lowest BCUT2D eigenvalue weighted by Crippen LogP contribution is -2.64. The minimum Gasteiger partial charge on any atom is -0.309 e. The SMILES string of the molecule is Cc1ccccc1N1CC(C)(C)NC(C)C1=O. The highest BCUT2D eigenvalue weighted by Gasteiger charge is 2.36. The van der Waals surface area contributed by atoms with E-state index in [-0.39, 0.29) is 17.5 Å². The van der Waals surface area contributed by atoms with Crippen molar-refractivity contribution in [2.75, 3.05) is 11.4 Å². The molecule has 3 nitrogen and oxygen atoms in total. The third kappa shape index (κ3) is 2.34. The number of rotatable bonds is 1.